The topological polar surface area (TPSA) is 90.1 Å². The lowest BCUT2D eigenvalue weighted by Crippen LogP contribution is -2.08. The third kappa shape index (κ3) is 4.61. The maximum atomic E-state index is 10.5. The minimum atomic E-state index is -0.873. The highest BCUT2D eigenvalue weighted by molar-refractivity contribution is 7.99. The Morgan fingerprint density at radius 1 is 1.56 bits per heavy atom. The van der Waals surface area contributed by atoms with E-state index in [1.54, 1.807) is 4.68 Å². The van der Waals surface area contributed by atoms with Crippen LogP contribution < -0.4 is 0 Å². The summed E-state index contributed by atoms with van der Waals surface area (Å²) >= 11 is 1.13. The van der Waals surface area contributed by atoms with Gasteiger partial charge in [0.15, 0.2) is 0 Å². The number of carbonyl (C=O) groups is 1. The lowest BCUT2D eigenvalue weighted by molar-refractivity contribution is -0.133. The monoisotopic (exact) mass is 272 g/mol. The van der Waals surface area contributed by atoms with Crippen LogP contribution in [-0.4, -0.2) is 50.2 Å². The molecule has 7 nitrogen and oxygen atoms in total. The average molecular weight is 272 g/mol. The van der Waals surface area contributed by atoms with Gasteiger partial charge in [-0.25, -0.2) is 4.68 Å². The van der Waals surface area contributed by atoms with Crippen molar-refractivity contribution in [3.63, 3.8) is 0 Å². The minimum Gasteiger partial charge on any atom is -0.481 e. The first-order valence-electron chi connectivity index (χ1n) is 5.94. The van der Waals surface area contributed by atoms with Gasteiger partial charge in [0.2, 0.25) is 5.16 Å². The molecule has 1 fully saturated rings. The molecule has 1 aromatic heterocycles. The summed E-state index contributed by atoms with van der Waals surface area (Å²) in [6, 6.07) is 0. The largest absolute Gasteiger partial charge is 0.481 e. The van der Waals surface area contributed by atoms with Crippen LogP contribution in [0.2, 0.25) is 0 Å². The summed E-state index contributed by atoms with van der Waals surface area (Å²) in [4.78, 5) is 10.5. The molecule has 0 saturated heterocycles. The van der Waals surface area contributed by atoms with Crippen LogP contribution in [-0.2, 0) is 16.1 Å². The molecule has 0 spiro atoms. The minimum absolute atomic E-state index is 0.0292. The zero-order valence-corrected chi connectivity index (χ0v) is 10.8. The summed E-state index contributed by atoms with van der Waals surface area (Å²) in [6.07, 6.45) is 3.42. The van der Waals surface area contributed by atoms with Crippen molar-refractivity contribution < 1.29 is 14.6 Å². The Balaban J connectivity index is 1.64. The number of aliphatic carboxylic acids is 1. The molecule has 0 aliphatic heterocycles. The summed E-state index contributed by atoms with van der Waals surface area (Å²) in [5.74, 6) is -0.125. The fraction of sp³-hybridized carbons (Fsp3) is 0.800. The second kappa shape index (κ2) is 6.69. The summed E-state index contributed by atoms with van der Waals surface area (Å²) in [7, 11) is 0. The van der Waals surface area contributed by atoms with E-state index in [1.807, 2.05) is 0 Å². The summed E-state index contributed by atoms with van der Waals surface area (Å²) < 4.78 is 7.13. The molecule has 0 bridgehead atoms. The van der Waals surface area contributed by atoms with Crippen molar-refractivity contribution in [2.45, 2.75) is 31.0 Å². The van der Waals surface area contributed by atoms with Gasteiger partial charge in [-0.1, -0.05) is 11.8 Å². The van der Waals surface area contributed by atoms with Crippen molar-refractivity contribution in [2.75, 3.05) is 19.0 Å². The number of tetrazole rings is 1. The van der Waals surface area contributed by atoms with Gasteiger partial charge in [-0.05, 0) is 35.6 Å². The molecule has 1 heterocycles. The first-order chi connectivity index (χ1) is 8.75. The lowest BCUT2D eigenvalue weighted by Gasteiger charge is -2.04. The Morgan fingerprint density at radius 2 is 2.39 bits per heavy atom. The predicted octanol–water partition coefficient (Wildman–Crippen LogP) is 0.666. The number of nitrogens with zero attached hydrogens (tertiary/aromatic N) is 4. The number of hydrogen-bond acceptors (Lipinski definition) is 6. The van der Waals surface area contributed by atoms with E-state index in [9.17, 15) is 4.79 Å². The van der Waals surface area contributed by atoms with E-state index < -0.39 is 5.97 Å². The summed E-state index contributed by atoms with van der Waals surface area (Å²) in [5, 5.41) is 20.3. The van der Waals surface area contributed by atoms with Crippen molar-refractivity contribution >= 4 is 17.7 Å². The molecule has 2 rings (SSSR count). The van der Waals surface area contributed by atoms with Crippen molar-refractivity contribution in [1.82, 2.24) is 20.2 Å². The molecular formula is C10H16N4O3S. The van der Waals surface area contributed by atoms with Crippen LogP contribution in [0.4, 0.5) is 0 Å². The fourth-order valence-electron chi connectivity index (χ4n) is 1.42. The highest BCUT2D eigenvalue weighted by Crippen LogP contribution is 2.28. The third-order valence-corrected chi connectivity index (χ3v) is 3.47. The highest BCUT2D eigenvalue weighted by atomic mass is 32.2. The molecule has 0 atom stereocenters. The molecular weight excluding hydrogens is 256 g/mol. The van der Waals surface area contributed by atoms with Crippen molar-refractivity contribution in [3.05, 3.63) is 0 Å². The van der Waals surface area contributed by atoms with Gasteiger partial charge in [0.1, 0.15) is 0 Å². The van der Waals surface area contributed by atoms with Crippen LogP contribution in [0.1, 0.15) is 19.3 Å². The molecule has 0 amide bonds. The Morgan fingerprint density at radius 3 is 3.11 bits per heavy atom. The van der Waals surface area contributed by atoms with Gasteiger partial charge in [0.05, 0.1) is 5.75 Å². The fourth-order valence-corrected chi connectivity index (χ4v) is 2.04. The van der Waals surface area contributed by atoms with Gasteiger partial charge in [0.25, 0.3) is 0 Å². The lowest BCUT2D eigenvalue weighted by atomic mass is 10.4. The SMILES string of the molecule is O=C(O)CSc1nnnn1CCCOCC1CC1. The van der Waals surface area contributed by atoms with E-state index >= 15 is 0 Å². The van der Waals surface area contributed by atoms with Crippen LogP contribution in [0, 0.1) is 5.92 Å². The van der Waals surface area contributed by atoms with Crippen molar-refractivity contribution in [1.29, 1.82) is 0 Å². The van der Waals surface area contributed by atoms with Crippen LogP contribution >= 0.6 is 11.8 Å². The Bertz CT molecular complexity index is 394. The Kier molecular flexibility index (Phi) is 4.94. The molecule has 8 heteroatoms. The normalized spacial score (nSPS) is 14.9. The van der Waals surface area contributed by atoms with Crippen LogP contribution in [0.15, 0.2) is 5.16 Å². The zero-order valence-electron chi connectivity index (χ0n) is 9.99. The molecule has 18 heavy (non-hydrogen) atoms. The Labute approximate surface area is 109 Å². The molecule has 1 aromatic rings. The number of aryl methyl sites for hydroxylation is 1. The molecule has 0 aromatic carbocycles. The number of carboxylic acid groups (broad SMARTS) is 1. The number of ether oxygens (including phenoxy) is 1. The van der Waals surface area contributed by atoms with Gasteiger partial charge < -0.3 is 9.84 Å². The van der Waals surface area contributed by atoms with Gasteiger partial charge in [-0.15, -0.1) is 5.10 Å². The van der Waals surface area contributed by atoms with E-state index in [2.05, 4.69) is 15.5 Å². The standard InChI is InChI=1S/C10H16N4O3S/c15-9(16)7-18-10-11-12-13-14(10)4-1-5-17-6-8-2-3-8/h8H,1-7H2,(H,15,16). The summed E-state index contributed by atoms with van der Waals surface area (Å²) in [5.41, 5.74) is 0. The maximum Gasteiger partial charge on any atom is 0.313 e. The average Bonchev–Trinajstić information content (AvgIpc) is 3.05. The highest BCUT2D eigenvalue weighted by Gasteiger charge is 2.20. The maximum absolute atomic E-state index is 10.5. The smallest absolute Gasteiger partial charge is 0.313 e. The van der Waals surface area contributed by atoms with E-state index in [4.69, 9.17) is 9.84 Å². The van der Waals surface area contributed by atoms with Crippen LogP contribution in [0.3, 0.4) is 0 Å². The first kappa shape index (κ1) is 13.3. The molecule has 1 saturated carbocycles. The number of thioether (sulfide) groups is 1. The second-order valence-electron chi connectivity index (χ2n) is 4.24. The van der Waals surface area contributed by atoms with Crippen molar-refractivity contribution in [3.8, 4) is 0 Å². The third-order valence-electron chi connectivity index (χ3n) is 2.53. The van der Waals surface area contributed by atoms with Gasteiger partial charge in [-0.3, -0.25) is 4.79 Å². The zero-order chi connectivity index (χ0) is 12.8. The van der Waals surface area contributed by atoms with E-state index in [0.717, 1.165) is 30.7 Å². The van der Waals surface area contributed by atoms with Gasteiger partial charge in [0, 0.05) is 19.8 Å². The van der Waals surface area contributed by atoms with E-state index in [-0.39, 0.29) is 5.75 Å². The van der Waals surface area contributed by atoms with Crippen LogP contribution in [0.25, 0.3) is 0 Å². The molecule has 100 valence electrons. The quantitative estimate of drug-likeness (QED) is 0.522. The predicted molar refractivity (Wildman–Crippen MR) is 64.3 cm³/mol. The first-order valence-corrected chi connectivity index (χ1v) is 6.93. The van der Waals surface area contributed by atoms with E-state index in [1.165, 1.54) is 12.8 Å². The van der Waals surface area contributed by atoms with Crippen molar-refractivity contribution in [2.24, 2.45) is 5.92 Å². The second-order valence-corrected chi connectivity index (χ2v) is 5.18. The number of hydrogen-bond donors (Lipinski definition) is 1. The molecule has 1 aliphatic rings. The van der Waals surface area contributed by atoms with Gasteiger partial charge in [-0.2, -0.15) is 0 Å². The Hall–Kier alpha value is -1.15. The van der Waals surface area contributed by atoms with Crippen LogP contribution in [0.5, 0.6) is 0 Å². The number of aromatic nitrogens is 4. The summed E-state index contributed by atoms with van der Waals surface area (Å²) in [6.45, 7) is 2.20. The molecule has 0 unspecified atom stereocenters. The molecule has 0 radical (unpaired) electrons. The molecule has 1 aliphatic carbocycles. The number of carboxylic acids is 1. The molecule has 1 N–H and O–H groups in total. The van der Waals surface area contributed by atoms with Gasteiger partial charge >= 0.3 is 5.97 Å². The number of rotatable bonds is 9. The van der Waals surface area contributed by atoms with E-state index in [0.29, 0.717) is 18.3 Å².